The molecule has 11 rings (SSSR count). The first-order valence-corrected chi connectivity index (χ1v) is 29.2. The number of nitrogens with one attached hydrogen (secondary N) is 3. The number of imide groups is 2. The number of amides is 4. The van der Waals surface area contributed by atoms with Gasteiger partial charge in [-0.2, -0.15) is 10.1 Å². The number of rotatable bonds is 12. The van der Waals surface area contributed by atoms with E-state index in [-0.39, 0.29) is 24.2 Å². The van der Waals surface area contributed by atoms with Gasteiger partial charge in [-0.25, -0.2) is 4.98 Å². The van der Waals surface area contributed by atoms with Gasteiger partial charge in [-0.1, -0.05) is 42.5 Å². The lowest BCUT2D eigenvalue weighted by atomic mass is 9.72. The molecule has 0 saturated carbocycles. The Balaban J connectivity index is 0.766. The predicted molar refractivity (Wildman–Crippen MR) is 295 cm³/mol. The van der Waals surface area contributed by atoms with E-state index in [1.807, 2.05) is 84.8 Å². The molecular formula is C56H61BrN11O6P. The summed E-state index contributed by atoms with van der Waals surface area (Å²) in [6, 6.07) is 25.1. The molecule has 3 N–H and O–H groups in total. The van der Waals surface area contributed by atoms with Crippen LogP contribution in [0.3, 0.4) is 0 Å². The Morgan fingerprint density at radius 2 is 1.56 bits per heavy atom. The second kappa shape index (κ2) is 20.3. The Labute approximate surface area is 444 Å². The predicted octanol–water partition coefficient (Wildman–Crippen LogP) is 8.80. The third-order valence-corrected chi connectivity index (χ3v) is 18.0. The SMILES string of the molecule is COc1cc(N2CCC(N3CCC4(CCCN(c5cccc6c5C(=O)N(C5CCC(=O)NC5=O)C6=O)C4)CC3)CC2)c(-c2cnn(C)c2)cc1Nc1ncc(Br)c(Nc2ccc(-c3ccccc3)cc2P(C)(C)=O)n1. The van der Waals surface area contributed by atoms with Gasteiger partial charge >= 0.3 is 0 Å². The molecule has 388 valence electrons. The molecule has 7 heterocycles. The van der Waals surface area contributed by atoms with Crippen LogP contribution >= 0.6 is 23.1 Å². The van der Waals surface area contributed by atoms with Gasteiger partial charge in [0.2, 0.25) is 17.8 Å². The van der Waals surface area contributed by atoms with Gasteiger partial charge in [-0.05, 0) is 134 Å². The number of aromatic nitrogens is 4. The van der Waals surface area contributed by atoms with Crippen LogP contribution in [0, 0.1) is 5.41 Å². The summed E-state index contributed by atoms with van der Waals surface area (Å²) in [6.07, 6.45) is 12.0. The minimum Gasteiger partial charge on any atom is -0.494 e. The summed E-state index contributed by atoms with van der Waals surface area (Å²) >= 11 is 3.64. The Bertz CT molecular complexity index is 3270. The summed E-state index contributed by atoms with van der Waals surface area (Å²) in [6.45, 7) is 8.87. The molecule has 1 atom stereocenters. The lowest BCUT2D eigenvalue weighted by molar-refractivity contribution is -0.136. The molecule has 17 nitrogen and oxygen atoms in total. The van der Waals surface area contributed by atoms with E-state index in [4.69, 9.17) is 9.72 Å². The first kappa shape index (κ1) is 50.3. The second-order valence-electron chi connectivity index (χ2n) is 21.0. The summed E-state index contributed by atoms with van der Waals surface area (Å²) in [5.41, 5.74) is 8.00. The number of aryl methyl sites for hydroxylation is 1. The van der Waals surface area contributed by atoms with Crippen molar-refractivity contribution in [2.75, 3.05) is 80.1 Å². The Morgan fingerprint density at radius 1 is 0.773 bits per heavy atom. The molecule has 4 amide bonds. The summed E-state index contributed by atoms with van der Waals surface area (Å²) in [7, 11) is 0.868. The van der Waals surface area contributed by atoms with Crippen LogP contribution in [0.1, 0.15) is 72.1 Å². The zero-order valence-corrected chi connectivity index (χ0v) is 45.1. The number of carbonyl (C=O) groups is 4. The molecule has 75 heavy (non-hydrogen) atoms. The number of nitrogens with zero attached hydrogens (tertiary/aromatic N) is 8. The Morgan fingerprint density at radius 3 is 2.28 bits per heavy atom. The van der Waals surface area contributed by atoms with Crippen LogP contribution in [0.5, 0.6) is 5.75 Å². The molecule has 2 aromatic heterocycles. The average molecular weight is 1100 g/mol. The van der Waals surface area contributed by atoms with E-state index in [0.29, 0.717) is 50.5 Å². The van der Waals surface area contributed by atoms with Crippen LogP contribution in [-0.4, -0.2) is 125 Å². The third kappa shape index (κ3) is 9.95. The van der Waals surface area contributed by atoms with E-state index in [9.17, 15) is 23.7 Å². The van der Waals surface area contributed by atoms with E-state index in [2.05, 4.69) is 68.8 Å². The minimum absolute atomic E-state index is 0.0853. The second-order valence-corrected chi connectivity index (χ2v) is 25.0. The van der Waals surface area contributed by atoms with Crippen LogP contribution in [0.25, 0.3) is 22.3 Å². The van der Waals surface area contributed by atoms with Crippen molar-refractivity contribution in [2.45, 2.75) is 63.5 Å². The maximum atomic E-state index is 14.0. The number of benzene rings is 4. The van der Waals surface area contributed by atoms with E-state index in [1.165, 1.54) is 0 Å². The smallest absolute Gasteiger partial charge is 0.264 e. The maximum absolute atomic E-state index is 14.0. The highest BCUT2D eigenvalue weighted by atomic mass is 79.9. The van der Waals surface area contributed by atoms with Crippen LogP contribution in [-0.2, 0) is 21.2 Å². The van der Waals surface area contributed by atoms with Crippen LogP contribution in [0.2, 0.25) is 0 Å². The van der Waals surface area contributed by atoms with Crippen LogP contribution < -0.4 is 35.8 Å². The van der Waals surface area contributed by atoms with Crippen molar-refractivity contribution in [1.29, 1.82) is 0 Å². The molecule has 1 unspecified atom stereocenters. The quantitative estimate of drug-likeness (QED) is 0.0780. The topological polar surface area (TPSA) is 187 Å². The Kier molecular flexibility index (Phi) is 13.6. The zero-order chi connectivity index (χ0) is 52.2. The number of halogens is 1. The van der Waals surface area contributed by atoms with Crippen molar-refractivity contribution in [3.05, 3.63) is 113 Å². The fraction of sp³-hybridized carbons (Fsp3) is 0.375. The van der Waals surface area contributed by atoms with Gasteiger partial charge in [0, 0.05) is 86.3 Å². The molecule has 4 aromatic carbocycles. The van der Waals surface area contributed by atoms with Crippen LogP contribution in [0.15, 0.2) is 102 Å². The number of likely N-dealkylation sites (tertiary alicyclic amines) is 1. The molecule has 6 aromatic rings. The number of fused-ring (bicyclic) bond motifs is 1. The van der Waals surface area contributed by atoms with Gasteiger partial charge in [0.05, 0.1) is 46.0 Å². The average Bonchev–Trinajstić information content (AvgIpc) is 3.96. The lowest BCUT2D eigenvalue weighted by Crippen LogP contribution is -2.54. The van der Waals surface area contributed by atoms with E-state index in [0.717, 1.165) is 122 Å². The van der Waals surface area contributed by atoms with Gasteiger partial charge in [0.25, 0.3) is 11.8 Å². The number of anilines is 6. The molecule has 4 saturated heterocycles. The van der Waals surface area contributed by atoms with E-state index in [1.54, 1.807) is 32.7 Å². The summed E-state index contributed by atoms with van der Waals surface area (Å²) in [5.74, 6) is -0.417. The maximum Gasteiger partial charge on any atom is 0.264 e. The first-order chi connectivity index (χ1) is 36.1. The Hall–Kier alpha value is -6.88. The highest BCUT2D eigenvalue weighted by molar-refractivity contribution is 9.10. The van der Waals surface area contributed by atoms with Crippen molar-refractivity contribution in [3.63, 3.8) is 0 Å². The number of methoxy groups -OCH3 is 1. The monoisotopic (exact) mass is 1090 g/mol. The number of piperidine rings is 4. The molecular weight excluding hydrogens is 1030 g/mol. The number of carbonyl (C=O) groups excluding carboxylic acids is 4. The molecule has 19 heteroatoms. The van der Waals surface area contributed by atoms with Gasteiger partial charge in [-0.15, -0.1) is 0 Å². The standard InChI is InChI=1S/C56H61BrN11O6P/c1-64-33-37(31-59-64)40-29-43(61-55-58-32-41(57)51(63-55)60-42-15-14-36(28-48(42)75(3,4)73)35-10-6-5-7-11-35)47(74-2)30-46(40)66-24-18-38(19-25-66)65-26-21-56(22-27-65)20-9-23-67(34-56)44-13-8-12-39-50(44)54(72)68(53(39)71)45-16-17-49(69)62-52(45)70/h5-8,10-15,28-33,38,45H,9,16-27,34H2,1-4H3,(H,62,69,70)(H2,58,60,61,63). The number of ether oxygens (including phenoxy) is 1. The molecule has 0 bridgehead atoms. The third-order valence-electron chi connectivity index (χ3n) is 15.9. The van der Waals surface area contributed by atoms with Crippen molar-refractivity contribution in [1.82, 2.24) is 34.9 Å². The molecule has 5 aliphatic heterocycles. The summed E-state index contributed by atoms with van der Waals surface area (Å²) in [5, 5.41) is 14.5. The van der Waals surface area contributed by atoms with Crippen molar-refractivity contribution >= 4 is 86.5 Å². The highest BCUT2D eigenvalue weighted by Crippen LogP contribution is 2.46. The van der Waals surface area contributed by atoms with Crippen molar-refractivity contribution in [3.8, 4) is 28.0 Å². The van der Waals surface area contributed by atoms with E-state index >= 15 is 0 Å². The molecule has 1 spiro atoms. The molecule has 0 radical (unpaired) electrons. The molecule has 4 fully saturated rings. The molecule has 0 aliphatic carbocycles. The van der Waals surface area contributed by atoms with Gasteiger partial charge in [-0.3, -0.25) is 34.1 Å². The van der Waals surface area contributed by atoms with Gasteiger partial charge < -0.3 is 34.6 Å². The largest absolute Gasteiger partial charge is 0.494 e. The van der Waals surface area contributed by atoms with Crippen molar-refractivity contribution < 1.29 is 28.5 Å². The highest BCUT2D eigenvalue weighted by Gasteiger charge is 2.47. The van der Waals surface area contributed by atoms with Crippen LogP contribution in [0.4, 0.5) is 34.5 Å². The fourth-order valence-corrected chi connectivity index (χ4v) is 13.4. The molecule has 5 aliphatic rings. The fourth-order valence-electron chi connectivity index (χ4n) is 12.0. The van der Waals surface area contributed by atoms with Crippen molar-refractivity contribution in [2.24, 2.45) is 12.5 Å². The normalized spacial score (nSPS) is 19.4. The number of hydrogen-bond donors (Lipinski definition) is 3. The lowest BCUT2D eigenvalue weighted by Gasteiger charge is -2.50. The minimum atomic E-state index is -2.72. The van der Waals surface area contributed by atoms with Gasteiger partial charge in [0.1, 0.15) is 24.8 Å². The number of hydrogen-bond acceptors (Lipinski definition) is 14. The van der Waals surface area contributed by atoms with E-state index < -0.39 is 30.9 Å². The van der Waals surface area contributed by atoms with Gasteiger partial charge in [0.15, 0.2) is 0 Å². The first-order valence-electron chi connectivity index (χ1n) is 25.8. The summed E-state index contributed by atoms with van der Waals surface area (Å²) in [4.78, 5) is 70.4. The zero-order valence-electron chi connectivity index (χ0n) is 42.6. The summed E-state index contributed by atoms with van der Waals surface area (Å²) < 4.78 is 22.2.